The van der Waals surface area contributed by atoms with Crippen LogP contribution in [0, 0.1) is 0 Å². The zero-order chi connectivity index (χ0) is 15.2. The predicted molar refractivity (Wildman–Crippen MR) is 93.6 cm³/mol. The van der Waals surface area contributed by atoms with Gasteiger partial charge in [0.15, 0.2) is 0 Å². The summed E-state index contributed by atoms with van der Waals surface area (Å²) in [4.78, 5) is 14.4. The topological polar surface area (TPSA) is 29.1 Å². The first-order valence-electron chi connectivity index (χ1n) is 6.46. The number of carbonyl (C=O) groups excluding carboxylic acids is 1. The highest BCUT2D eigenvalue weighted by Gasteiger charge is 2.15. The van der Waals surface area contributed by atoms with Crippen molar-refractivity contribution in [2.45, 2.75) is 22.0 Å². The first-order valence-corrected chi connectivity index (χ1v) is 8.94. The number of para-hydroxylation sites is 1. The SMILES string of the molecule is CSc1ccccc1NC(=O)[C@H](C)Sc1ccc(Cl)cc1. The second-order valence-corrected chi connectivity index (χ2v) is 7.10. The van der Waals surface area contributed by atoms with Crippen molar-refractivity contribution >= 4 is 46.7 Å². The fourth-order valence-corrected chi connectivity index (χ4v) is 3.30. The van der Waals surface area contributed by atoms with Crippen LogP contribution in [-0.2, 0) is 4.79 Å². The molecule has 2 aromatic rings. The van der Waals surface area contributed by atoms with Gasteiger partial charge in [-0.3, -0.25) is 4.79 Å². The Balaban J connectivity index is 2.01. The maximum Gasteiger partial charge on any atom is 0.237 e. The number of rotatable bonds is 5. The zero-order valence-electron chi connectivity index (χ0n) is 11.8. The third-order valence-electron chi connectivity index (χ3n) is 2.86. The quantitative estimate of drug-likeness (QED) is 0.762. The molecule has 21 heavy (non-hydrogen) atoms. The van der Waals surface area contributed by atoms with E-state index < -0.39 is 0 Å². The summed E-state index contributed by atoms with van der Waals surface area (Å²) in [5, 5.41) is 3.51. The lowest BCUT2D eigenvalue weighted by Crippen LogP contribution is -2.22. The summed E-state index contributed by atoms with van der Waals surface area (Å²) in [6.45, 7) is 1.90. The smallest absolute Gasteiger partial charge is 0.237 e. The van der Waals surface area contributed by atoms with Gasteiger partial charge in [0.1, 0.15) is 0 Å². The molecule has 0 aliphatic heterocycles. The summed E-state index contributed by atoms with van der Waals surface area (Å²) in [6, 6.07) is 15.3. The monoisotopic (exact) mass is 337 g/mol. The molecule has 5 heteroatoms. The Morgan fingerprint density at radius 2 is 1.81 bits per heavy atom. The fraction of sp³-hybridized carbons (Fsp3) is 0.188. The van der Waals surface area contributed by atoms with Gasteiger partial charge < -0.3 is 5.32 Å². The summed E-state index contributed by atoms with van der Waals surface area (Å²) < 4.78 is 0. The van der Waals surface area contributed by atoms with Gasteiger partial charge in [0.25, 0.3) is 0 Å². The summed E-state index contributed by atoms with van der Waals surface area (Å²) in [7, 11) is 0. The molecule has 0 aromatic heterocycles. The molecule has 0 spiro atoms. The van der Waals surface area contributed by atoms with Gasteiger partial charge in [0.05, 0.1) is 10.9 Å². The highest BCUT2D eigenvalue weighted by molar-refractivity contribution is 8.00. The van der Waals surface area contributed by atoms with Crippen molar-refractivity contribution in [3.05, 3.63) is 53.6 Å². The van der Waals surface area contributed by atoms with Crippen LogP contribution >= 0.6 is 35.1 Å². The lowest BCUT2D eigenvalue weighted by Gasteiger charge is -2.14. The maximum atomic E-state index is 12.3. The maximum absolute atomic E-state index is 12.3. The lowest BCUT2D eigenvalue weighted by molar-refractivity contribution is -0.115. The van der Waals surface area contributed by atoms with Crippen LogP contribution in [-0.4, -0.2) is 17.4 Å². The average Bonchev–Trinajstić information content (AvgIpc) is 2.50. The molecule has 0 saturated heterocycles. The molecular formula is C16H16ClNOS2. The average molecular weight is 338 g/mol. The fourth-order valence-electron chi connectivity index (χ4n) is 1.75. The van der Waals surface area contributed by atoms with E-state index in [4.69, 9.17) is 11.6 Å². The molecule has 1 atom stereocenters. The second kappa shape index (κ2) is 7.78. The van der Waals surface area contributed by atoms with Gasteiger partial charge in [0.2, 0.25) is 5.91 Å². The van der Waals surface area contributed by atoms with Crippen molar-refractivity contribution < 1.29 is 4.79 Å². The van der Waals surface area contributed by atoms with Gasteiger partial charge in [-0.2, -0.15) is 0 Å². The number of halogens is 1. The molecule has 0 saturated carbocycles. The molecule has 2 rings (SSSR count). The second-order valence-electron chi connectivity index (χ2n) is 4.40. The van der Waals surface area contributed by atoms with E-state index in [0.29, 0.717) is 5.02 Å². The Bertz CT molecular complexity index is 616. The molecule has 0 aliphatic carbocycles. The molecule has 2 nitrogen and oxygen atoms in total. The molecule has 1 N–H and O–H groups in total. The van der Waals surface area contributed by atoms with Crippen LogP contribution in [0.3, 0.4) is 0 Å². The molecule has 0 heterocycles. The van der Waals surface area contributed by atoms with Gasteiger partial charge in [-0.05, 0) is 49.6 Å². The van der Waals surface area contributed by atoms with Crippen LogP contribution in [0.15, 0.2) is 58.3 Å². The molecule has 0 radical (unpaired) electrons. The van der Waals surface area contributed by atoms with Gasteiger partial charge in [0, 0.05) is 14.8 Å². The van der Waals surface area contributed by atoms with Gasteiger partial charge in [-0.25, -0.2) is 0 Å². The van der Waals surface area contributed by atoms with Crippen LogP contribution in [0.5, 0.6) is 0 Å². The number of hydrogen-bond acceptors (Lipinski definition) is 3. The summed E-state index contributed by atoms with van der Waals surface area (Å²) in [6.07, 6.45) is 2.00. The third kappa shape index (κ3) is 4.70. The summed E-state index contributed by atoms with van der Waals surface area (Å²) in [5.74, 6) is -0.00329. The molecule has 0 bridgehead atoms. The first-order chi connectivity index (χ1) is 10.1. The molecule has 0 unspecified atom stereocenters. The standard InChI is InChI=1S/C16H16ClNOS2/c1-11(21-13-9-7-12(17)8-10-13)16(19)18-14-5-3-4-6-15(14)20-2/h3-11H,1-2H3,(H,18,19)/t11-/m0/s1. The highest BCUT2D eigenvalue weighted by Crippen LogP contribution is 2.28. The van der Waals surface area contributed by atoms with Crippen molar-refractivity contribution in [1.82, 2.24) is 0 Å². The predicted octanol–water partition coefficient (Wildman–Crippen LogP) is 5.18. The minimum atomic E-state index is -0.180. The van der Waals surface area contributed by atoms with Gasteiger partial charge in [-0.15, -0.1) is 23.5 Å². The Labute approximate surface area is 138 Å². The van der Waals surface area contributed by atoms with E-state index in [1.54, 1.807) is 11.8 Å². The molecular weight excluding hydrogens is 322 g/mol. The first kappa shape index (κ1) is 16.3. The lowest BCUT2D eigenvalue weighted by atomic mass is 10.3. The highest BCUT2D eigenvalue weighted by atomic mass is 35.5. The summed E-state index contributed by atoms with van der Waals surface area (Å²) >= 11 is 8.99. The molecule has 2 aromatic carbocycles. The van der Waals surface area contributed by atoms with Crippen LogP contribution < -0.4 is 5.32 Å². The van der Waals surface area contributed by atoms with Crippen LogP contribution in [0.25, 0.3) is 0 Å². The Morgan fingerprint density at radius 1 is 1.14 bits per heavy atom. The van der Waals surface area contributed by atoms with Gasteiger partial charge in [-0.1, -0.05) is 23.7 Å². The number of hydrogen-bond donors (Lipinski definition) is 1. The van der Waals surface area contributed by atoms with Crippen LogP contribution in [0.4, 0.5) is 5.69 Å². The van der Waals surface area contributed by atoms with E-state index in [2.05, 4.69) is 5.32 Å². The number of amides is 1. The van der Waals surface area contributed by atoms with Crippen molar-refractivity contribution in [2.24, 2.45) is 0 Å². The van der Waals surface area contributed by atoms with Crippen LogP contribution in [0.1, 0.15) is 6.92 Å². The largest absolute Gasteiger partial charge is 0.324 e. The molecule has 110 valence electrons. The van der Waals surface area contributed by atoms with Crippen molar-refractivity contribution in [2.75, 3.05) is 11.6 Å². The van der Waals surface area contributed by atoms with Crippen molar-refractivity contribution in [1.29, 1.82) is 0 Å². The van der Waals surface area contributed by atoms with E-state index in [1.807, 2.05) is 61.7 Å². The normalized spacial score (nSPS) is 12.0. The number of carbonyl (C=O) groups is 1. The zero-order valence-corrected chi connectivity index (χ0v) is 14.2. The van der Waals surface area contributed by atoms with E-state index in [1.165, 1.54) is 11.8 Å². The number of benzene rings is 2. The van der Waals surface area contributed by atoms with E-state index >= 15 is 0 Å². The number of anilines is 1. The Morgan fingerprint density at radius 3 is 2.48 bits per heavy atom. The molecule has 0 fully saturated rings. The van der Waals surface area contributed by atoms with Crippen LogP contribution in [0.2, 0.25) is 5.02 Å². The van der Waals surface area contributed by atoms with E-state index in [9.17, 15) is 4.79 Å². The Hall–Kier alpha value is -1.10. The Kier molecular flexibility index (Phi) is 6.03. The van der Waals surface area contributed by atoms with Crippen molar-refractivity contribution in [3.63, 3.8) is 0 Å². The number of nitrogens with one attached hydrogen (secondary N) is 1. The summed E-state index contributed by atoms with van der Waals surface area (Å²) in [5.41, 5.74) is 0.860. The minimum Gasteiger partial charge on any atom is -0.324 e. The minimum absolute atomic E-state index is 0.00329. The molecule has 1 amide bonds. The van der Waals surface area contributed by atoms with Gasteiger partial charge >= 0.3 is 0 Å². The van der Waals surface area contributed by atoms with E-state index in [-0.39, 0.29) is 11.2 Å². The number of thioether (sulfide) groups is 2. The van der Waals surface area contributed by atoms with Crippen molar-refractivity contribution in [3.8, 4) is 0 Å². The third-order valence-corrected chi connectivity index (χ3v) is 5.02. The van der Waals surface area contributed by atoms with E-state index in [0.717, 1.165) is 15.5 Å². The molecule has 0 aliphatic rings.